The van der Waals surface area contributed by atoms with Gasteiger partial charge in [-0.25, -0.2) is 23.6 Å². The predicted octanol–water partition coefficient (Wildman–Crippen LogP) is 5.10. The SMILES string of the molecule is CC(=O)N(c1nc(/C=C2\N=C(c3ccccc3Cl)OC2=O)cs1)c1ccc(F)cc1F. The number of anilines is 2. The molecule has 0 bridgehead atoms. The minimum Gasteiger partial charge on any atom is -0.402 e. The molecule has 3 aromatic rings. The van der Waals surface area contributed by atoms with E-state index in [9.17, 15) is 18.4 Å². The molecule has 0 spiro atoms. The molecule has 1 aliphatic heterocycles. The van der Waals surface area contributed by atoms with Crippen LogP contribution in [0.5, 0.6) is 0 Å². The second-order valence-electron chi connectivity index (χ2n) is 6.32. The van der Waals surface area contributed by atoms with Crippen molar-refractivity contribution < 1.29 is 23.1 Å². The molecule has 4 rings (SSSR count). The third kappa shape index (κ3) is 4.23. The lowest BCUT2D eigenvalue weighted by Crippen LogP contribution is -2.23. The van der Waals surface area contributed by atoms with Crippen molar-refractivity contribution in [3.8, 4) is 0 Å². The van der Waals surface area contributed by atoms with Gasteiger partial charge in [0.15, 0.2) is 10.8 Å². The first-order valence-corrected chi connectivity index (χ1v) is 10.1. The highest BCUT2D eigenvalue weighted by Gasteiger charge is 2.26. The van der Waals surface area contributed by atoms with Crippen LogP contribution in [-0.4, -0.2) is 22.8 Å². The fraction of sp³-hybridized carbons (Fsp3) is 0.0476. The van der Waals surface area contributed by atoms with E-state index >= 15 is 0 Å². The van der Waals surface area contributed by atoms with Gasteiger partial charge in [0.25, 0.3) is 0 Å². The third-order valence-electron chi connectivity index (χ3n) is 4.18. The number of esters is 1. The zero-order valence-corrected chi connectivity index (χ0v) is 17.4. The number of carbonyl (C=O) groups is 2. The standard InChI is InChI=1S/C21H12ClF2N3O3S/c1-11(28)27(18-7-6-12(23)8-16(18)24)21-25-13(10-31-21)9-17-20(29)30-19(26-17)14-4-2-3-5-15(14)22/h2-10H,1H3/b17-9-. The van der Waals surface area contributed by atoms with Gasteiger partial charge in [0.05, 0.1) is 22.0 Å². The van der Waals surface area contributed by atoms with E-state index < -0.39 is 23.5 Å². The minimum atomic E-state index is -0.904. The number of thiazole rings is 1. The van der Waals surface area contributed by atoms with Gasteiger partial charge < -0.3 is 4.74 Å². The molecule has 0 fully saturated rings. The van der Waals surface area contributed by atoms with Crippen LogP contribution < -0.4 is 4.90 Å². The molecular formula is C21H12ClF2N3O3S. The second kappa shape index (κ2) is 8.37. The van der Waals surface area contributed by atoms with Crippen molar-refractivity contribution >= 4 is 57.6 Å². The number of hydrogen-bond donors (Lipinski definition) is 0. The number of rotatable bonds is 4. The van der Waals surface area contributed by atoms with Crippen LogP contribution in [0.1, 0.15) is 18.2 Å². The number of halogens is 3. The summed E-state index contributed by atoms with van der Waals surface area (Å²) in [5, 5.41) is 2.09. The van der Waals surface area contributed by atoms with Crippen LogP contribution in [0.2, 0.25) is 5.02 Å². The minimum absolute atomic E-state index is 0.00546. The number of aromatic nitrogens is 1. The lowest BCUT2D eigenvalue weighted by Gasteiger charge is -2.18. The summed E-state index contributed by atoms with van der Waals surface area (Å²) in [5.41, 5.74) is 0.634. The van der Waals surface area contributed by atoms with E-state index in [1.54, 1.807) is 29.6 Å². The molecule has 31 heavy (non-hydrogen) atoms. The van der Waals surface area contributed by atoms with Gasteiger partial charge in [-0.1, -0.05) is 23.7 Å². The Bertz CT molecular complexity index is 1270. The van der Waals surface area contributed by atoms with Gasteiger partial charge in [-0.05, 0) is 30.3 Å². The molecule has 1 aliphatic rings. The maximum Gasteiger partial charge on any atom is 0.363 e. The molecule has 1 aromatic heterocycles. The first-order chi connectivity index (χ1) is 14.8. The van der Waals surface area contributed by atoms with Crippen LogP contribution in [0.4, 0.5) is 19.6 Å². The predicted molar refractivity (Wildman–Crippen MR) is 113 cm³/mol. The molecule has 0 aliphatic carbocycles. The Morgan fingerprint density at radius 3 is 2.71 bits per heavy atom. The molecule has 2 aromatic carbocycles. The van der Waals surface area contributed by atoms with Gasteiger partial charge in [-0.3, -0.25) is 9.69 Å². The molecule has 10 heteroatoms. The summed E-state index contributed by atoms with van der Waals surface area (Å²) in [6.07, 6.45) is 1.38. The van der Waals surface area contributed by atoms with Crippen molar-refractivity contribution in [2.75, 3.05) is 4.90 Å². The van der Waals surface area contributed by atoms with Crippen molar-refractivity contribution in [3.63, 3.8) is 0 Å². The smallest absolute Gasteiger partial charge is 0.363 e. The van der Waals surface area contributed by atoms with Crippen molar-refractivity contribution in [1.29, 1.82) is 0 Å². The molecule has 0 saturated heterocycles. The van der Waals surface area contributed by atoms with Crippen LogP contribution in [0, 0.1) is 11.6 Å². The first-order valence-electron chi connectivity index (χ1n) is 8.82. The third-order valence-corrected chi connectivity index (χ3v) is 5.35. The quantitative estimate of drug-likeness (QED) is 0.402. The number of nitrogens with zero attached hydrogens (tertiary/aromatic N) is 3. The fourth-order valence-corrected chi connectivity index (χ4v) is 3.87. The highest BCUT2D eigenvalue weighted by atomic mass is 35.5. The molecule has 156 valence electrons. The maximum atomic E-state index is 14.2. The van der Waals surface area contributed by atoms with E-state index in [1.165, 1.54) is 13.0 Å². The summed E-state index contributed by atoms with van der Waals surface area (Å²) in [5.74, 6) is -2.80. The molecule has 6 nitrogen and oxygen atoms in total. The van der Waals surface area contributed by atoms with Crippen molar-refractivity contribution in [2.24, 2.45) is 4.99 Å². The van der Waals surface area contributed by atoms with Crippen molar-refractivity contribution in [2.45, 2.75) is 6.92 Å². The number of hydrogen-bond acceptors (Lipinski definition) is 6. The van der Waals surface area contributed by atoms with E-state index in [2.05, 4.69) is 9.98 Å². The number of aliphatic imine (C=N–C) groups is 1. The molecule has 0 radical (unpaired) electrons. The van der Waals surface area contributed by atoms with Crippen LogP contribution >= 0.6 is 22.9 Å². The van der Waals surface area contributed by atoms with Crippen LogP contribution in [-0.2, 0) is 14.3 Å². The van der Waals surface area contributed by atoms with Gasteiger partial charge in [-0.15, -0.1) is 11.3 Å². The normalized spacial score (nSPS) is 14.5. The number of cyclic esters (lactones) is 1. The number of carbonyl (C=O) groups excluding carboxylic acids is 2. The van der Waals surface area contributed by atoms with Crippen LogP contribution in [0.3, 0.4) is 0 Å². The monoisotopic (exact) mass is 459 g/mol. The van der Waals surface area contributed by atoms with E-state index in [1.807, 2.05) is 0 Å². The molecule has 0 N–H and O–H groups in total. The molecule has 2 heterocycles. The van der Waals surface area contributed by atoms with Crippen molar-refractivity contribution in [3.05, 3.63) is 81.5 Å². The van der Waals surface area contributed by atoms with Gasteiger partial charge in [0, 0.05) is 18.4 Å². The van der Waals surface area contributed by atoms with Crippen molar-refractivity contribution in [1.82, 2.24) is 4.98 Å². The summed E-state index contributed by atoms with van der Waals surface area (Å²) in [6, 6.07) is 9.66. The topological polar surface area (TPSA) is 71.9 Å². The zero-order valence-electron chi connectivity index (χ0n) is 15.8. The zero-order chi connectivity index (χ0) is 22.1. The summed E-state index contributed by atoms with van der Waals surface area (Å²) in [6.45, 7) is 1.23. The van der Waals surface area contributed by atoms with E-state index in [0.29, 0.717) is 22.3 Å². The van der Waals surface area contributed by atoms with Gasteiger partial charge >= 0.3 is 5.97 Å². The first kappa shape index (κ1) is 20.8. The Kier molecular flexibility index (Phi) is 5.62. The highest BCUT2D eigenvalue weighted by Crippen LogP contribution is 2.32. The summed E-state index contributed by atoms with van der Waals surface area (Å²) in [4.78, 5) is 33.8. The molecule has 0 saturated carbocycles. The van der Waals surface area contributed by atoms with E-state index in [0.717, 1.165) is 28.4 Å². The van der Waals surface area contributed by atoms with Crippen LogP contribution in [0.15, 0.2) is 58.5 Å². The largest absolute Gasteiger partial charge is 0.402 e. The number of ether oxygens (including phenoxy) is 1. The lowest BCUT2D eigenvalue weighted by atomic mass is 10.2. The fourth-order valence-electron chi connectivity index (χ4n) is 2.81. The second-order valence-corrected chi connectivity index (χ2v) is 7.56. The summed E-state index contributed by atoms with van der Waals surface area (Å²) >= 11 is 7.16. The Balaban J connectivity index is 1.66. The summed E-state index contributed by atoms with van der Waals surface area (Å²) in [7, 11) is 0. The Morgan fingerprint density at radius 1 is 1.23 bits per heavy atom. The van der Waals surface area contributed by atoms with E-state index in [4.69, 9.17) is 16.3 Å². The molecule has 0 atom stereocenters. The molecule has 0 unspecified atom stereocenters. The van der Waals surface area contributed by atoms with Gasteiger partial charge in [-0.2, -0.15) is 0 Å². The Labute approximate surface area is 184 Å². The number of amides is 1. The molecular weight excluding hydrogens is 448 g/mol. The Hall–Kier alpha value is -3.43. The van der Waals surface area contributed by atoms with Gasteiger partial charge in [0.1, 0.15) is 11.6 Å². The average Bonchev–Trinajstić information content (AvgIpc) is 3.31. The van der Waals surface area contributed by atoms with Gasteiger partial charge in [0.2, 0.25) is 11.8 Å². The molecule has 1 amide bonds. The highest BCUT2D eigenvalue weighted by molar-refractivity contribution is 7.14. The number of benzene rings is 2. The summed E-state index contributed by atoms with van der Waals surface area (Å²) < 4.78 is 32.6. The Morgan fingerprint density at radius 2 is 2.00 bits per heavy atom. The average molecular weight is 460 g/mol. The lowest BCUT2D eigenvalue weighted by molar-refractivity contribution is -0.130. The van der Waals surface area contributed by atoms with Crippen LogP contribution in [0.25, 0.3) is 6.08 Å². The van der Waals surface area contributed by atoms with E-state index in [-0.39, 0.29) is 22.4 Å². The maximum absolute atomic E-state index is 14.2.